The van der Waals surface area contributed by atoms with Gasteiger partial charge in [0.1, 0.15) is 23.1 Å². The third kappa shape index (κ3) is 8.36. The molecule has 4 rings (SSSR count). The number of rotatable bonds is 7. The zero-order chi connectivity index (χ0) is 25.3. The molecule has 0 radical (unpaired) electrons. The van der Waals surface area contributed by atoms with E-state index in [1.54, 1.807) is 5.38 Å². The fourth-order valence-corrected chi connectivity index (χ4v) is 4.27. The molecule has 0 fully saturated rings. The molecular weight excluding hydrogens is 500 g/mol. The number of phenolic OH excluding ortho intramolecular Hbond substituents is 1. The van der Waals surface area contributed by atoms with E-state index in [4.69, 9.17) is 9.84 Å². The maximum Gasteiger partial charge on any atom is 0.263 e. The van der Waals surface area contributed by atoms with Crippen molar-refractivity contribution < 1.29 is 31.8 Å². The van der Waals surface area contributed by atoms with Crippen LogP contribution in [0.3, 0.4) is 0 Å². The van der Waals surface area contributed by atoms with E-state index < -0.39 is 21.7 Å². The highest BCUT2D eigenvalue weighted by Crippen LogP contribution is 2.19. The summed E-state index contributed by atoms with van der Waals surface area (Å²) in [6, 6.07) is 16.0. The number of nitrogens with zero attached hydrogens (tertiary/aromatic N) is 1. The Morgan fingerprint density at radius 3 is 2.09 bits per heavy atom. The van der Waals surface area contributed by atoms with Crippen molar-refractivity contribution in [2.24, 2.45) is 0 Å². The number of benzene rings is 3. The van der Waals surface area contributed by atoms with Gasteiger partial charge in [-0.3, -0.25) is 9.52 Å². The molecular formula is C23H19F2N3O5S2. The minimum atomic E-state index is -3.75. The van der Waals surface area contributed by atoms with Gasteiger partial charge in [0, 0.05) is 17.3 Å². The van der Waals surface area contributed by atoms with Crippen LogP contribution in [-0.2, 0) is 14.8 Å². The number of thiazole rings is 1. The minimum absolute atomic E-state index is 0.0401. The van der Waals surface area contributed by atoms with Crippen LogP contribution in [-0.4, -0.2) is 31.0 Å². The van der Waals surface area contributed by atoms with Crippen molar-refractivity contribution in [3.8, 4) is 11.5 Å². The van der Waals surface area contributed by atoms with E-state index in [2.05, 4.69) is 15.0 Å². The van der Waals surface area contributed by atoms with E-state index in [0.29, 0.717) is 11.4 Å². The lowest BCUT2D eigenvalue weighted by Crippen LogP contribution is -2.20. The van der Waals surface area contributed by atoms with E-state index in [1.807, 2.05) is 0 Å². The highest BCUT2D eigenvalue weighted by atomic mass is 32.2. The molecule has 182 valence electrons. The number of phenols is 1. The zero-order valence-electron chi connectivity index (χ0n) is 17.9. The summed E-state index contributed by atoms with van der Waals surface area (Å²) in [6.45, 7) is -0.267. The summed E-state index contributed by atoms with van der Waals surface area (Å²) in [5.41, 5.74) is 0.413. The van der Waals surface area contributed by atoms with Gasteiger partial charge in [0.15, 0.2) is 11.7 Å². The van der Waals surface area contributed by atoms with Gasteiger partial charge in [0.2, 0.25) is 0 Å². The lowest BCUT2D eigenvalue weighted by molar-refractivity contribution is -0.118. The highest BCUT2D eigenvalue weighted by Gasteiger charge is 2.15. The molecule has 3 N–H and O–H groups in total. The maximum atomic E-state index is 12.8. The quantitative estimate of drug-likeness (QED) is 0.328. The average molecular weight is 520 g/mol. The fraction of sp³-hybridized carbons (Fsp3) is 0.0435. The molecule has 1 aromatic heterocycles. The van der Waals surface area contributed by atoms with Crippen molar-refractivity contribution in [1.29, 1.82) is 0 Å². The number of ether oxygens (including phenoxy) is 1. The van der Waals surface area contributed by atoms with Crippen LogP contribution in [0.5, 0.6) is 11.5 Å². The Hall–Kier alpha value is -4.03. The highest BCUT2D eigenvalue weighted by molar-refractivity contribution is 7.93. The van der Waals surface area contributed by atoms with Crippen LogP contribution in [0.4, 0.5) is 19.6 Å². The molecule has 0 atom stereocenters. The van der Waals surface area contributed by atoms with Gasteiger partial charge in [-0.1, -0.05) is 0 Å². The molecule has 0 aliphatic carbocycles. The van der Waals surface area contributed by atoms with E-state index >= 15 is 0 Å². The third-order valence-electron chi connectivity index (χ3n) is 4.11. The number of hydrogen-bond donors (Lipinski definition) is 3. The summed E-state index contributed by atoms with van der Waals surface area (Å²) in [7, 11) is -3.75. The lowest BCUT2D eigenvalue weighted by Gasteiger charge is -2.09. The van der Waals surface area contributed by atoms with E-state index in [1.165, 1.54) is 90.3 Å². The number of sulfonamides is 1. The molecule has 0 saturated heterocycles. The molecule has 35 heavy (non-hydrogen) atoms. The van der Waals surface area contributed by atoms with Crippen molar-refractivity contribution >= 4 is 38.1 Å². The molecule has 12 heteroatoms. The smallest absolute Gasteiger partial charge is 0.263 e. The summed E-state index contributed by atoms with van der Waals surface area (Å²) in [5, 5.41) is 13.1. The average Bonchev–Trinajstić information content (AvgIpc) is 3.34. The number of amides is 1. The monoisotopic (exact) mass is 519 g/mol. The third-order valence-corrected chi connectivity index (χ3v) is 6.29. The van der Waals surface area contributed by atoms with Gasteiger partial charge in [-0.15, -0.1) is 11.3 Å². The van der Waals surface area contributed by atoms with Gasteiger partial charge in [0.25, 0.3) is 15.9 Å². The molecule has 0 saturated carbocycles. The van der Waals surface area contributed by atoms with Crippen molar-refractivity contribution in [2.45, 2.75) is 4.90 Å². The minimum Gasteiger partial charge on any atom is -0.508 e. The second-order valence-corrected chi connectivity index (χ2v) is 9.31. The van der Waals surface area contributed by atoms with Crippen LogP contribution in [0, 0.1) is 11.6 Å². The Labute approximate surface area is 203 Å². The normalized spacial score (nSPS) is 10.6. The molecule has 0 spiro atoms. The summed E-state index contributed by atoms with van der Waals surface area (Å²) < 4.78 is 56.9. The topological polar surface area (TPSA) is 118 Å². The number of carbonyl (C=O) groups excluding carboxylic acids is 1. The van der Waals surface area contributed by atoms with Crippen molar-refractivity contribution in [3.05, 3.63) is 96.0 Å². The van der Waals surface area contributed by atoms with Gasteiger partial charge in [-0.05, 0) is 72.8 Å². The molecule has 4 aromatic rings. The van der Waals surface area contributed by atoms with E-state index in [-0.39, 0.29) is 28.2 Å². The number of aromatic hydroxyl groups is 1. The second-order valence-electron chi connectivity index (χ2n) is 6.73. The predicted octanol–water partition coefficient (Wildman–Crippen LogP) is 4.63. The Balaban J connectivity index is 0.000000363. The summed E-state index contributed by atoms with van der Waals surface area (Å²) >= 11 is 1.17. The van der Waals surface area contributed by atoms with Crippen molar-refractivity contribution in [2.75, 3.05) is 16.6 Å². The van der Waals surface area contributed by atoms with Crippen LogP contribution in [0.15, 0.2) is 89.3 Å². The van der Waals surface area contributed by atoms with Crippen LogP contribution in [0.2, 0.25) is 0 Å². The Kier molecular flexibility index (Phi) is 8.70. The Morgan fingerprint density at radius 2 is 1.54 bits per heavy atom. The van der Waals surface area contributed by atoms with E-state index in [0.717, 1.165) is 0 Å². The second kappa shape index (κ2) is 11.9. The first kappa shape index (κ1) is 25.6. The first-order valence-electron chi connectivity index (χ1n) is 9.86. The molecule has 3 aromatic carbocycles. The van der Waals surface area contributed by atoms with Crippen LogP contribution >= 0.6 is 11.3 Å². The summed E-state index contributed by atoms with van der Waals surface area (Å²) in [4.78, 5) is 15.8. The van der Waals surface area contributed by atoms with Gasteiger partial charge in [-0.2, -0.15) is 0 Å². The number of halogens is 2. The number of hydrogen-bond acceptors (Lipinski definition) is 7. The number of nitrogens with one attached hydrogen (secondary N) is 2. The zero-order valence-corrected chi connectivity index (χ0v) is 19.5. The number of carbonyl (C=O) groups is 1. The lowest BCUT2D eigenvalue weighted by atomic mass is 10.3. The fourth-order valence-electron chi connectivity index (χ4n) is 2.48. The molecule has 0 aliphatic rings. The van der Waals surface area contributed by atoms with Crippen molar-refractivity contribution in [1.82, 2.24) is 4.98 Å². The number of anilines is 2. The van der Waals surface area contributed by atoms with E-state index in [9.17, 15) is 22.0 Å². The standard InChI is InChI=1S/C17H14FN3O4S2.C6H5FO/c18-12-1-5-14(6-2-12)25-11-16(22)20-13-3-7-15(8-4-13)27(23,24)21-17-19-9-10-26-17;7-5-1-3-6(8)4-2-5/h1-10H,11H2,(H,19,21)(H,20,22);1-4,8H. The first-order valence-corrected chi connectivity index (χ1v) is 12.2. The summed E-state index contributed by atoms with van der Waals surface area (Å²) in [5.74, 6) is -0.711. The Bertz CT molecular complexity index is 1310. The van der Waals surface area contributed by atoms with Crippen LogP contribution < -0.4 is 14.8 Å². The van der Waals surface area contributed by atoms with Gasteiger partial charge in [-0.25, -0.2) is 22.2 Å². The molecule has 0 aliphatic heterocycles. The molecule has 0 unspecified atom stereocenters. The largest absolute Gasteiger partial charge is 0.508 e. The molecule has 0 bridgehead atoms. The molecule has 8 nitrogen and oxygen atoms in total. The maximum absolute atomic E-state index is 12.8. The summed E-state index contributed by atoms with van der Waals surface area (Å²) in [6.07, 6.45) is 1.50. The molecule has 1 amide bonds. The SMILES string of the molecule is O=C(COc1ccc(F)cc1)Nc1ccc(S(=O)(=O)Nc2nccs2)cc1.Oc1ccc(F)cc1. The first-order chi connectivity index (χ1) is 16.7. The molecule has 1 heterocycles. The van der Waals surface area contributed by atoms with Gasteiger partial charge < -0.3 is 15.2 Å². The van der Waals surface area contributed by atoms with Crippen LogP contribution in [0.25, 0.3) is 0 Å². The van der Waals surface area contributed by atoms with Gasteiger partial charge in [0.05, 0.1) is 4.90 Å². The van der Waals surface area contributed by atoms with Crippen molar-refractivity contribution in [3.63, 3.8) is 0 Å². The predicted molar refractivity (Wildman–Crippen MR) is 128 cm³/mol. The van der Waals surface area contributed by atoms with Crippen LogP contribution in [0.1, 0.15) is 0 Å². The van der Waals surface area contributed by atoms with Gasteiger partial charge >= 0.3 is 0 Å². The Morgan fingerprint density at radius 1 is 0.943 bits per heavy atom. The number of aromatic nitrogens is 1.